The van der Waals surface area contributed by atoms with E-state index in [-0.39, 0.29) is 5.91 Å². The lowest BCUT2D eigenvalue weighted by Gasteiger charge is -2.33. The molecule has 162 valence electrons. The van der Waals surface area contributed by atoms with Crippen molar-refractivity contribution >= 4 is 15.9 Å². The van der Waals surface area contributed by atoms with Crippen LogP contribution < -0.4 is 5.32 Å². The average molecular weight is 430 g/mol. The lowest BCUT2D eigenvalue weighted by Crippen LogP contribution is -2.51. The minimum atomic E-state index is -3.46. The van der Waals surface area contributed by atoms with E-state index in [2.05, 4.69) is 43.4 Å². The maximum atomic E-state index is 12.7. The zero-order chi connectivity index (χ0) is 21.6. The Labute approximate surface area is 179 Å². The summed E-state index contributed by atoms with van der Waals surface area (Å²) in [6.07, 6.45) is 0.799. The van der Waals surface area contributed by atoms with Gasteiger partial charge in [0.2, 0.25) is 15.9 Å². The van der Waals surface area contributed by atoms with E-state index in [1.165, 1.54) is 15.4 Å². The van der Waals surface area contributed by atoms with Crippen molar-refractivity contribution in [2.75, 3.05) is 39.3 Å². The van der Waals surface area contributed by atoms with E-state index in [0.717, 1.165) is 6.42 Å². The Morgan fingerprint density at radius 3 is 2.20 bits per heavy atom. The molecule has 0 aliphatic carbocycles. The van der Waals surface area contributed by atoms with Gasteiger partial charge in [-0.25, -0.2) is 8.42 Å². The van der Waals surface area contributed by atoms with Gasteiger partial charge in [0.1, 0.15) is 0 Å². The predicted molar refractivity (Wildman–Crippen MR) is 119 cm³/mol. The molecule has 1 saturated heterocycles. The summed E-state index contributed by atoms with van der Waals surface area (Å²) < 4.78 is 26.9. The van der Waals surface area contributed by atoms with Crippen LogP contribution in [0.4, 0.5) is 0 Å². The van der Waals surface area contributed by atoms with Crippen molar-refractivity contribution in [3.05, 3.63) is 65.7 Å². The van der Waals surface area contributed by atoms with Crippen LogP contribution in [0.3, 0.4) is 0 Å². The van der Waals surface area contributed by atoms with Gasteiger partial charge in [0.25, 0.3) is 0 Å². The van der Waals surface area contributed by atoms with E-state index in [9.17, 15) is 13.2 Å². The van der Waals surface area contributed by atoms with E-state index < -0.39 is 10.0 Å². The van der Waals surface area contributed by atoms with Crippen molar-refractivity contribution in [1.29, 1.82) is 0 Å². The van der Waals surface area contributed by atoms with Gasteiger partial charge in [-0.05, 0) is 35.6 Å². The molecule has 7 heteroatoms. The number of benzene rings is 2. The maximum absolute atomic E-state index is 12.7. The molecular weight excluding hydrogens is 398 g/mol. The number of piperazine rings is 1. The van der Waals surface area contributed by atoms with Gasteiger partial charge < -0.3 is 5.32 Å². The summed E-state index contributed by atoms with van der Waals surface area (Å²) in [4.78, 5) is 14.6. The highest BCUT2D eigenvalue weighted by atomic mass is 32.2. The Kier molecular flexibility index (Phi) is 7.64. The van der Waals surface area contributed by atoms with Gasteiger partial charge >= 0.3 is 0 Å². The lowest BCUT2D eigenvalue weighted by atomic mass is 10.0. The van der Waals surface area contributed by atoms with E-state index in [0.29, 0.717) is 50.1 Å². The summed E-state index contributed by atoms with van der Waals surface area (Å²) in [5.74, 6) is 0.495. The number of nitrogens with one attached hydrogen (secondary N) is 1. The number of carbonyl (C=O) groups is 1. The fraction of sp³-hybridized carbons (Fsp3) is 0.435. The van der Waals surface area contributed by atoms with Crippen LogP contribution >= 0.6 is 0 Å². The standard InChI is InChI=1S/C23H31N3O3S/c1-19(2)21-10-8-20(9-11-21)12-13-24-23(27)18-25-14-16-26(17-15-25)30(28,29)22-6-4-3-5-7-22/h3-11,19H,12-18H2,1-2H3,(H,24,27). The molecule has 1 amide bonds. The molecule has 2 aromatic carbocycles. The van der Waals surface area contributed by atoms with Gasteiger partial charge in [-0.1, -0.05) is 56.3 Å². The Balaban J connectivity index is 1.40. The zero-order valence-corrected chi connectivity index (χ0v) is 18.6. The smallest absolute Gasteiger partial charge is 0.243 e. The third-order valence-electron chi connectivity index (χ3n) is 5.46. The maximum Gasteiger partial charge on any atom is 0.243 e. The van der Waals surface area contributed by atoms with Crippen LogP contribution in [0.15, 0.2) is 59.5 Å². The van der Waals surface area contributed by atoms with Crippen LogP contribution in [0.1, 0.15) is 30.9 Å². The molecule has 0 aromatic heterocycles. The molecule has 3 rings (SSSR count). The minimum absolute atomic E-state index is 0.0202. The fourth-order valence-corrected chi connectivity index (χ4v) is 4.99. The summed E-state index contributed by atoms with van der Waals surface area (Å²) in [6, 6.07) is 17.0. The lowest BCUT2D eigenvalue weighted by molar-refractivity contribution is -0.122. The number of carbonyl (C=O) groups excluding carboxylic acids is 1. The number of sulfonamides is 1. The molecule has 1 heterocycles. The third kappa shape index (κ3) is 5.90. The molecule has 6 nitrogen and oxygen atoms in total. The minimum Gasteiger partial charge on any atom is -0.355 e. The van der Waals surface area contributed by atoms with Gasteiger partial charge in [0.15, 0.2) is 0 Å². The highest BCUT2D eigenvalue weighted by molar-refractivity contribution is 7.89. The van der Waals surface area contributed by atoms with E-state index in [4.69, 9.17) is 0 Å². The molecule has 0 radical (unpaired) electrons. The Morgan fingerprint density at radius 2 is 1.60 bits per heavy atom. The Morgan fingerprint density at radius 1 is 0.967 bits per heavy atom. The molecule has 0 bridgehead atoms. The second-order valence-corrected chi connectivity index (χ2v) is 9.93. The first-order chi connectivity index (χ1) is 14.4. The summed E-state index contributed by atoms with van der Waals surface area (Å²) in [7, 11) is -3.46. The highest BCUT2D eigenvalue weighted by Crippen LogP contribution is 2.17. The van der Waals surface area contributed by atoms with Crippen molar-refractivity contribution in [2.45, 2.75) is 31.1 Å². The third-order valence-corrected chi connectivity index (χ3v) is 7.37. The molecule has 0 spiro atoms. The van der Waals surface area contributed by atoms with Gasteiger partial charge in [0, 0.05) is 32.7 Å². The monoisotopic (exact) mass is 429 g/mol. The van der Waals surface area contributed by atoms with Gasteiger partial charge in [-0.3, -0.25) is 9.69 Å². The largest absolute Gasteiger partial charge is 0.355 e. The normalized spacial score (nSPS) is 16.0. The first kappa shape index (κ1) is 22.5. The molecular formula is C23H31N3O3S. The van der Waals surface area contributed by atoms with Gasteiger partial charge in [0.05, 0.1) is 11.4 Å². The number of hydrogen-bond donors (Lipinski definition) is 1. The van der Waals surface area contributed by atoms with Crippen LogP contribution in [0.25, 0.3) is 0 Å². The van der Waals surface area contributed by atoms with Gasteiger partial charge in [-0.2, -0.15) is 4.31 Å². The topological polar surface area (TPSA) is 69.7 Å². The number of rotatable bonds is 8. The van der Waals surface area contributed by atoms with Crippen molar-refractivity contribution in [2.24, 2.45) is 0 Å². The van der Waals surface area contributed by atoms with Crippen LogP contribution in [0.5, 0.6) is 0 Å². The second kappa shape index (κ2) is 10.2. The molecule has 1 aliphatic rings. The SMILES string of the molecule is CC(C)c1ccc(CCNC(=O)CN2CCN(S(=O)(=O)c3ccccc3)CC2)cc1. The van der Waals surface area contributed by atoms with Crippen molar-refractivity contribution in [1.82, 2.24) is 14.5 Å². The van der Waals surface area contributed by atoms with E-state index in [1.807, 2.05) is 4.90 Å². The average Bonchev–Trinajstić information content (AvgIpc) is 2.75. The molecule has 0 atom stereocenters. The molecule has 0 saturated carbocycles. The summed E-state index contributed by atoms with van der Waals surface area (Å²) in [6.45, 7) is 7.14. The van der Waals surface area contributed by atoms with E-state index >= 15 is 0 Å². The first-order valence-corrected chi connectivity index (χ1v) is 11.9. The number of amides is 1. The van der Waals surface area contributed by atoms with Gasteiger partial charge in [-0.15, -0.1) is 0 Å². The predicted octanol–water partition coefficient (Wildman–Crippen LogP) is 2.48. The van der Waals surface area contributed by atoms with Crippen LogP contribution in [-0.4, -0.2) is 62.8 Å². The van der Waals surface area contributed by atoms with Crippen molar-refractivity contribution < 1.29 is 13.2 Å². The molecule has 1 N–H and O–H groups in total. The van der Waals surface area contributed by atoms with Crippen LogP contribution in [-0.2, 0) is 21.2 Å². The number of hydrogen-bond acceptors (Lipinski definition) is 4. The molecule has 0 unspecified atom stereocenters. The molecule has 30 heavy (non-hydrogen) atoms. The second-order valence-electron chi connectivity index (χ2n) is 7.99. The first-order valence-electron chi connectivity index (χ1n) is 10.5. The Hall–Kier alpha value is -2.22. The molecule has 2 aromatic rings. The highest BCUT2D eigenvalue weighted by Gasteiger charge is 2.28. The van der Waals surface area contributed by atoms with Crippen molar-refractivity contribution in [3.8, 4) is 0 Å². The molecule has 1 aliphatic heterocycles. The van der Waals surface area contributed by atoms with Crippen LogP contribution in [0, 0.1) is 0 Å². The van der Waals surface area contributed by atoms with Crippen LogP contribution in [0.2, 0.25) is 0 Å². The molecule has 1 fully saturated rings. The summed E-state index contributed by atoms with van der Waals surface area (Å²) >= 11 is 0. The van der Waals surface area contributed by atoms with E-state index in [1.54, 1.807) is 30.3 Å². The summed E-state index contributed by atoms with van der Waals surface area (Å²) in [5.41, 5.74) is 2.52. The summed E-state index contributed by atoms with van der Waals surface area (Å²) in [5, 5.41) is 2.97. The zero-order valence-electron chi connectivity index (χ0n) is 17.8. The number of nitrogens with zero attached hydrogens (tertiary/aromatic N) is 2. The fourth-order valence-electron chi connectivity index (χ4n) is 3.54. The Bertz CT molecular complexity index is 920. The quantitative estimate of drug-likeness (QED) is 0.700. The van der Waals surface area contributed by atoms with Crippen molar-refractivity contribution in [3.63, 3.8) is 0 Å².